The number of amidine groups is 3. The molecule has 12 nitrogen and oxygen atoms in total. The Morgan fingerprint density at radius 1 is 0.644 bits per heavy atom. The minimum Gasteiger partial charge on any atom is -0.454 e. The predicted octanol–water partition coefficient (Wildman–Crippen LogP) is 11.7. The van der Waals surface area contributed by atoms with Gasteiger partial charge in [-0.05, 0) is 144 Å². The predicted molar refractivity (Wildman–Crippen MR) is 327 cm³/mol. The van der Waals surface area contributed by atoms with Crippen molar-refractivity contribution in [1.29, 1.82) is 0 Å². The lowest BCUT2D eigenvalue weighted by atomic mass is 9.92. The van der Waals surface area contributed by atoms with Gasteiger partial charge >= 0.3 is 0 Å². The third kappa shape index (κ3) is 25.8. The lowest BCUT2D eigenvalue weighted by molar-refractivity contribution is 0.0444. The Labute approximate surface area is 471 Å². The van der Waals surface area contributed by atoms with Crippen LogP contribution in [0, 0.1) is 0 Å². The van der Waals surface area contributed by atoms with Gasteiger partial charge in [0.25, 0.3) is 12.0 Å². The van der Waals surface area contributed by atoms with Crippen LogP contribution in [0.4, 0.5) is 0 Å². The molecular weight excluding hydrogens is 1090 g/mol. The summed E-state index contributed by atoms with van der Waals surface area (Å²) in [5.74, 6) is 0. The molecule has 4 atom stereocenters. The molecule has 0 saturated heterocycles. The van der Waals surface area contributed by atoms with E-state index in [9.17, 15) is 10.2 Å². The van der Waals surface area contributed by atoms with Gasteiger partial charge in [0.05, 0.1) is 11.2 Å². The van der Waals surface area contributed by atoms with E-state index in [4.69, 9.17) is 27.4 Å². The summed E-state index contributed by atoms with van der Waals surface area (Å²) >= 11 is 6.80. The van der Waals surface area contributed by atoms with E-state index in [0.29, 0.717) is 43.1 Å². The van der Waals surface area contributed by atoms with Gasteiger partial charge in [-0.1, -0.05) is 133 Å². The minimum absolute atomic E-state index is 0. The molecule has 2 heterocycles. The molecule has 6 rings (SSSR count). The molecule has 0 fully saturated rings. The van der Waals surface area contributed by atoms with Crippen molar-refractivity contribution in [3.63, 3.8) is 0 Å². The Morgan fingerprint density at radius 2 is 1.05 bits per heavy atom. The number of hydrogen-bond donors (Lipinski definition) is 7. The van der Waals surface area contributed by atoms with Crippen molar-refractivity contribution in [2.75, 3.05) is 32.4 Å². The number of thiocarbonyl (C=S) groups is 1. The summed E-state index contributed by atoms with van der Waals surface area (Å²) in [7, 11) is 0. The summed E-state index contributed by atoms with van der Waals surface area (Å²) in [5.41, 5.74) is 7.43. The van der Waals surface area contributed by atoms with Crippen LogP contribution in [-0.2, 0) is 31.9 Å². The summed E-state index contributed by atoms with van der Waals surface area (Å²) < 4.78 is 11.7. The number of nitrogens with two attached hydrogens (primary N) is 1. The summed E-state index contributed by atoms with van der Waals surface area (Å²) in [6.07, 6.45) is 4.99. The molecule has 0 spiro atoms. The van der Waals surface area contributed by atoms with Gasteiger partial charge < -0.3 is 46.7 Å². The average Bonchev–Trinajstić information content (AvgIpc) is 3.29. The summed E-state index contributed by atoms with van der Waals surface area (Å²) in [6, 6.07) is 40.8. The van der Waals surface area contributed by atoms with Crippen LogP contribution < -0.4 is 27.0 Å². The summed E-state index contributed by atoms with van der Waals surface area (Å²) in [5, 5.41) is 35.5. The monoisotopic (exact) mass is 1170 g/mol. The molecule has 0 amide bonds. The van der Waals surface area contributed by atoms with Crippen molar-refractivity contribution in [1.82, 2.24) is 21.3 Å². The van der Waals surface area contributed by atoms with Crippen LogP contribution in [0.15, 0.2) is 136 Å². The van der Waals surface area contributed by atoms with Crippen molar-refractivity contribution >= 4 is 82.7 Å². The van der Waals surface area contributed by atoms with Gasteiger partial charge in [0.15, 0.2) is 10.3 Å². The van der Waals surface area contributed by atoms with E-state index < -0.39 is 11.2 Å². The number of aliphatic imine (C=N–C) groups is 3. The third-order valence-electron chi connectivity index (χ3n) is 11.3. The molecule has 406 valence electrons. The standard InChI is InChI=1S/C16H26N2OS.C15H24N2OS.C15H22N2O.C11H14N2O.ClH.HI/c1-15(2,3)18-14(20-5)17-12-11-16(4,19)13-9-7-6-8-10-13;1-14(2,3)17-13(19)16-11-10-15(4,18)12-8-6-5-7-9-12;1-14(2,3)17-13-16-11-10-15(4,18-13)12-8-6-5-7-9-12;1-11(7-8-13-10(12)14-11)9-5-3-2-4-6-9;;/h6-10,19H,11-12H2,1-5H3,(H,17,18);5-9,18H,10-11H2,1-4H3,(H2,16,17,19);5-9H,10-11H2,1-4H3,(H,16,17);2-6H,7-8H2,1H3,(H2,12,13);2*1H. The lowest BCUT2D eigenvalue weighted by Gasteiger charge is -2.36. The van der Waals surface area contributed by atoms with Gasteiger partial charge in [-0.2, -0.15) is 0 Å². The van der Waals surface area contributed by atoms with Gasteiger partial charge in [-0.15, -0.1) is 36.4 Å². The quantitative estimate of drug-likeness (QED) is 0.0349. The molecule has 2 aliphatic heterocycles. The number of nitrogens with one attached hydrogen (secondary N) is 4. The molecule has 0 aliphatic carbocycles. The maximum atomic E-state index is 10.5. The molecule has 2 aliphatic rings. The second-order valence-corrected chi connectivity index (χ2v) is 23.1. The van der Waals surface area contributed by atoms with Crippen molar-refractivity contribution in [3.8, 4) is 0 Å². The lowest BCUT2D eigenvalue weighted by Crippen LogP contribution is -2.47. The average molecular weight is 1180 g/mol. The van der Waals surface area contributed by atoms with Crippen LogP contribution in [0.25, 0.3) is 0 Å². The Hall–Kier alpha value is -4.13. The number of benzene rings is 4. The molecule has 0 saturated carbocycles. The highest BCUT2D eigenvalue weighted by Gasteiger charge is 2.34. The number of ether oxygens (including phenoxy) is 2. The minimum atomic E-state index is -0.842. The summed E-state index contributed by atoms with van der Waals surface area (Å²) in [4.78, 5) is 13.0. The van der Waals surface area contributed by atoms with Crippen molar-refractivity contribution in [2.24, 2.45) is 20.7 Å². The van der Waals surface area contributed by atoms with E-state index in [2.05, 4.69) is 130 Å². The molecular formula is C57H88ClIN8O4S2. The smallest absolute Gasteiger partial charge is 0.285 e. The topological polar surface area (TPSA) is 170 Å². The molecule has 73 heavy (non-hydrogen) atoms. The van der Waals surface area contributed by atoms with Crippen LogP contribution in [0.3, 0.4) is 0 Å². The van der Waals surface area contributed by atoms with Crippen molar-refractivity contribution in [3.05, 3.63) is 144 Å². The number of rotatable bonds is 10. The molecule has 4 aromatic carbocycles. The zero-order chi connectivity index (χ0) is 53.0. The summed E-state index contributed by atoms with van der Waals surface area (Å²) in [6.45, 7) is 29.4. The van der Waals surface area contributed by atoms with E-state index in [0.717, 1.165) is 47.8 Å². The van der Waals surface area contributed by atoms with Crippen LogP contribution >= 0.6 is 60.4 Å². The first kappa shape index (κ1) is 66.9. The van der Waals surface area contributed by atoms with Gasteiger partial charge in [-0.3, -0.25) is 4.99 Å². The van der Waals surface area contributed by atoms with E-state index >= 15 is 0 Å². The highest BCUT2D eigenvalue weighted by molar-refractivity contribution is 14.0. The molecule has 8 N–H and O–H groups in total. The first-order valence-electron chi connectivity index (χ1n) is 24.6. The maximum Gasteiger partial charge on any atom is 0.285 e. The zero-order valence-electron chi connectivity index (χ0n) is 46.0. The SMILES string of the molecule is CC(C)(C)NC(=S)NCCC(C)(O)c1ccccc1.CC(C)(C)NC1=NCCC(C)(c2ccccc2)O1.CC1(c2ccccc2)CCN=C(N)O1.CSC(=NCCC(C)(O)c1ccccc1)NC(C)(C)C.Cl.I. The molecule has 0 radical (unpaired) electrons. The number of halogens is 2. The second-order valence-electron chi connectivity index (χ2n) is 21.9. The largest absolute Gasteiger partial charge is 0.454 e. The molecule has 4 unspecified atom stereocenters. The van der Waals surface area contributed by atoms with Gasteiger partial charge in [0, 0.05) is 55.6 Å². The number of hydrogen-bond acceptors (Lipinski definition) is 11. The molecule has 4 aromatic rings. The normalized spacial score (nSPS) is 19.2. The zero-order valence-corrected chi connectivity index (χ0v) is 50.7. The van der Waals surface area contributed by atoms with Crippen molar-refractivity contribution in [2.45, 2.75) is 155 Å². The highest BCUT2D eigenvalue weighted by Crippen LogP contribution is 2.33. The number of aliphatic hydroxyl groups is 2. The Bertz CT molecular complexity index is 2290. The Balaban J connectivity index is 0.000000485. The second kappa shape index (κ2) is 30.4. The van der Waals surface area contributed by atoms with E-state index in [1.165, 1.54) is 5.56 Å². The maximum absolute atomic E-state index is 10.5. The van der Waals surface area contributed by atoms with Gasteiger partial charge in [0.1, 0.15) is 11.2 Å². The highest BCUT2D eigenvalue weighted by atomic mass is 127. The fourth-order valence-electron chi connectivity index (χ4n) is 7.27. The fourth-order valence-corrected chi connectivity index (χ4v) is 8.31. The van der Waals surface area contributed by atoms with Gasteiger partial charge in [0.2, 0.25) is 0 Å². The fraction of sp³-hybridized carbons (Fsp3) is 0.509. The van der Waals surface area contributed by atoms with Crippen LogP contribution in [0.2, 0.25) is 0 Å². The van der Waals surface area contributed by atoms with Crippen molar-refractivity contribution < 1.29 is 19.7 Å². The van der Waals surface area contributed by atoms with E-state index in [1.54, 1.807) is 11.8 Å². The van der Waals surface area contributed by atoms with Crippen LogP contribution in [0.5, 0.6) is 0 Å². The number of thioether (sulfide) groups is 1. The first-order valence-corrected chi connectivity index (χ1v) is 26.3. The third-order valence-corrected chi connectivity index (χ3v) is 12.2. The number of nitrogens with zero attached hydrogens (tertiary/aromatic N) is 3. The molecule has 0 aromatic heterocycles. The Morgan fingerprint density at radius 3 is 1.47 bits per heavy atom. The molecule has 0 bridgehead atoms. The van der Waals surface area contributed by atoms with E-state index in [-0.39, 0.29) is 64.2 Å². The molecule has 16 heteroatoms. The first-order chi connectivity index (χ1) is 33.0. The van der Waals surface area contributed by atoms with E-state index in [1.807, 2.05) is 124 Å². The van der Waals surface area contributed by atoms with Crippen LogP contribution in [0.1, 0.15) is 138 Å². The Kier molecular flexibility index (Phi) is 27.9. The van der Waals surface area contributed by atoms with Gasteiger partial charge in [-0.25, -0.2) is 9.98 Å². The van der Waals surface area contributed by atoms with Crippen LogP contribution in [-0.4, -0.2) is 81.6 Å².